The number of nitrogens with one attached hydrogen (secondary N) is 2. The van der Waals surface area contributed by atoms with Crippen LogP contribution in [0, 0.1) is 0 Å². The predicted octanol–water partition coefficient (Wildman–Crippen LogP) is -0.923. The Balaban J connectivity index is -0.0000000134. The molecule has 87 heavy (non-hydrogen) atoms. The van der Waals surface area contributed by atoms with E-state index < -0.39 is 11.8 Å². The zero-order valence-corrected chi connectivity index (χ0v) is 61.8. The van der Waals surface area contributed by atoms with Crippen molar-refractivity contribution in [2.24, 2.45) is 20.4 Å². The van der Waals surface area contributed by atoms with Crippen LogP contribution in [0.2, 0.25) is 0 Å². The van der Waals surface area contributed by atoms with Gasteiger partial charge in [0, 0.05) is 205 Å². The van der Waals surface area contributed by atoms with E-state index >= 15 is 0 Å². The normalized spacial score (nSPS) is 6.60. The summed E-state index contributed by atoms with van der Waals surface area (Å²) in [7, 11) is 2.96. The van der Waals surface area contributed by atoms with E-state index in [1.54, 1.807) is 73.3 Å². The molecule has 0 saturated carbocycles. The van der Waals surface area contributed by atoms with Crippen molar-refractivity contribution >= 4 is 47.4 Å². The van der Waals surface area contributed by atoms with Gasteiger partial charge in [-0.3, -0.25) is 0 Å². The third-order valence-corrected chi connectivity index (χ3v) is 5.06. The molecule has 2 heterocycles. The minimum Gasteiger partial charge on any atom is -2.00 e. The summed E-state index contributed by atoms with van der Waals surface area (Å²) in [5, 5.41) is 60.8. The molecule has 0 saturated heterocycles. The van der Waals surface area contributed by atoms with Gasteiger partial charge in [0.05, 0.1) is 26.6 Å². The SMILES string of the molecule is CC(C)=O.CC(C)=O.CC(C)=O.CC(C)=O.COc1ccc(/C=N/N=C(\[O-])c2cc[nH+]cc2)c([O-])c1.COc1ccc(/C=N/N=C(\[O-])c2cc[nH+]cc2)c([O-])c1.[Mo].[Mo].[Mo].[Mo].[Mo].[Mo].[Mo].[Mo].[O-2].[O-2].[O-2].[O-2].[O-2].[O-2].[O-2].[O-2].[O-2].[O-2].[O-2].[O-2].[O-2].[O-2].[O-2].[O-2].[O-2].[O-2].[O-2].[O-2].[O-2].[O-2].[O-2]. The van der Waals surface area contributed by atoms with E-state index in [0.29, 0.717) is 33.8 Å². The van der Waals surface area contributed by atoms with Gasteiger partial charge in [-0.15, -0.1) is 0 Å². The van der Waals surface area contributed by atoms with Crippen molar-refractivity contribution < 1.29 is 354 Å². The third-order valence-electron chi connectivity index (χ3n) is 5.06. The number of Topliss-reactive ketones (excluding diaryl/α,β-unsaturated/α-hetero) is 4. The number of rotatable bonds is 8. The molecule has 0 bridgehead atoms. The van der Waals surface area contributed by atoms with E-state index in [2.05, 4.69) is 30.4 Å². The molecule has 0 fully saturated rings. The van der Waals surface area contributed by atoms with Gasteiger partial charge in [0.1, 0.15) is 34.6 Å². The van der Waals surface area contributed by atoms with E-state index in [9.17, 15) is 39.6 Å². The Hall–Kier alpha value is -2.51. The van der Waals surface area contributed by atoms with Crippen molar-refractivity contribution in [3.8, 4) is 23.0 Å². The van der Waals surface area contributed by atoms with E-state index in [4.69, 9.17) is 9.47 Å². The number of carbonyl (C=O) groups is 4. The quantitative estimate of drug-likeness (QED) is 0.0903. The fourth-order valence-electron chi connectivity index (χ4n) is 2.96. The van der Waals surface area contributed by atoms with Crippen LogP contribution < -0.4 is 39.9 Å². The summed E-state index contributed by atoms with van der Waals surface area (Å²) < 4.78 is 9.85. The van der Waals surface area contributed by atoms with Gasteiger partial charge in [0.2, 0.25) is 0 Å². The van der Waals surface area contributed by atoms with Gasteiger partial charge >= 0.3 is 0 Å². The van der Waals surface area contributed by atoms with Crippen molar-refractivity contribution in [3.05, 3.63) is 108 Å². The second-order valence-electron chi connectivity index (χ2n) is 11.3. The molecule has 0 aliphatic rings. The predicted molar refractivity (Wildman–Crippen MR) is 220 cm³/mol. The summed E-state index contributed by atoms with van der Waals surface area (Å²) in [6.07, 6.45) is 8.96. The molecule has 2 N–H and O–H groups in total. The molecule has 0 aliphatic heterocycles. The fraction of sp³-hybridized carbons (Fsp3) is 0.250. The molecule has 39 nitrogen and oxygen atoms in total. The molecule has 532 valence electrons. The summed E-state index contributed by atoms with van der Waals surface area (Å²) in [4.78, 5) is 43.4. The van der Waals surface area contributed by atoms with Crippen LogP contribution in [0.25, 0.3) is 0 Å². The van der Waals surface area contributed by atoms with Crippen LogP contribution in [-0.2, 0) is 314 Å². The average Bonchev–Trinajstić information content (AvgIpc) is 3.13. The number of nitrogens with zero attached hydrogens (tertiary/aromatic N) is 4. The Morgan fingerprint density at radius 3 is 0.678 bits per heavy atom. The second kappa shape index (κ2) is 141. The molecule has 47 heteroatoms. The first-order valence-electron chi connectivity index (χ1n) is 16.4. The monoisotopic (exact) mass is 1920 g/mol. The van der Waals surface area contributed by atoms with Gasteiger partial charge in [-0.2, -0.15) is 20.4 Å². The standard InChI is InChI=1S/2C14H13N3O3.4C3H6O.8Mo.23O/c2*1-20-12-3-2-11(13(18)8-12)9-16-17-14(19)10-4-6-15-7-5-10;4*1-3(2)4;;;;;;;;;;;;;;;;;;;;;;;;;;;;;;;/h2*2-9,18H,1H3,(H,17,19);4*1-2H3;;;;;;;;;;;;;;;;;;;;;;;;;;;;;;;/q;;;;;;;;;;;;;;23*-2/p-2/b2*16-9+;;;;;;;;;;;;;;;;;;;;;;;;;;;;;;;;;;;. The molecule has 0 unspecified atom stereocenters. The van der Waals surface area contributed by atoms with Crippen LogP contribution in [0.3, 0.4) is 0 Å². The number of benzene rings is 2. The molecule has 0 radical (unpaired) electrons. The minimum atomic E-state index is -0.476. The minimum absolute atomic E-state index is 0. The number of hydrogen-bond acceptors (Lipinski definition) is 14. The number of hydrogen-bond donors (Lipinski definition) is 0. The number of H-pyrrole nitrogens is 2. The molecule has 2 aromatic carbocycles. The topological polar surface area (TPSA) is 912 Å². The first kappa shape index (κ1) is 222. The van der Waals surface area contributed by atoms with Crippen molar-refractivity contribution in [2.75, 3.05) is 14.2 Å². The van der Waals surface area contributed by atoms with Gasteiger partial charge in [0.25, 0.3) is 0 Å². The molecule has 4 rings (SSSR count). The number of ether oxygens (including phenoxy) is 2. The van der Waals surface area contributed by atoms with Crippen molar-refractivity contribution in [1.82, 2.24) is 0 Å². The van der Waals surface area contributed by atoms with Crippen LogP contribution in [0.5, 0.6) is 23.0 Å². The zero-order valence-electron chi connectivity index (χ0n) is 45.8. The summed E-state index contributed by atoms with van der Waals surface area (Å²) in [6.45, 7) is 12.2. The van der Waals surface area contributed by atoms with Gasteiger partial charge in [0.15, 0.2) is 24.8 Å². The Morgan fingerprint density at radius 1 is 0.356 bits per heavy atom. The largest absolute Gasteiger partial charge is 2.00 e. The van der Waals surface area contributed by atoms with Gasteiger partial charge in [-0.1, -0.05) is 23.6 Å². The summed E-state index contributed by atoms with van der Waals surface area (Å²) in [6, 6.07) is 15.4. The Kier molecular flexibility index (Phi) is 360. The molecule has 4 aromatic rings. The number of aromatic nitrogens is 2. The molecule has 0 spiro atoms. The molecular weight excluding hydrogens is 1860 g/mol. The molecule has 0 aliphatic carbocycles. The van der Waals surface area contributed by atoms with E-state index in [1.807, 2.05) is 0 Å². The first-order chi connectivity index (χ1) is 26.3. The van der Waals surface area contributed by atoms with Crippen LogP contribution in [0.1, 0.15) is 77.6 Å². The first-order valence-corrected chi connectivity index (χ1v) is 16.4. The zero-order chi connectivity index (χ0) is 43.1. The van der Waals surface area contributed by atoms with Crippen LogP contribution >= 0.6 is 0 Å². The Bertz CT molecular complexity index is 1810. The summed E-state index contributed by atoms with van der Waals surface area (Å²) in [5.41, 5.74) is 1.50. The molecular formula is C40H48Mo8N6O33-48. The van der Waals surface area contributed by atoms with Gasteiger partial charge < -0.3 is 175 Å². The van der Waals surface area contributed by atoms with Gasteiger partial charge in [-0.25, -0.2) is 9.97 Å². The van der Waals surface area contributed by atoms with Crippen LogP contribution in [-0.4, -0.2) is 61.6 Å². The maximum Gasteiger partial charge on any atom is 0.167 e. The second-order valence-corrected chi connectivity index (χ2v) is 11.3. The van der Waals surface area contributed by atoms with Crippen molar-refractivity contribution in [3.63, 3.8) is 0 Å². The van der Waals surface area contributed by atoms with Crippen molar-refractivity contribution in [1.29, 1.82) is 0 Å². The maximum atomic E-state index is 11.6. The summed E-state index contributed by atoms with van der Waals surface area (Å²) >= 11 is 0. The number of pyridine rings is 2. The Labute approximate surface area is 615 Å². The number of ketones is 4. The van der Waals surface area contributed by atoms with E-state index in [-0.39, 0.29) is 329 Å². The molecule has 0 atom stereocenters. The number of aromatic amines is 2. The Morgan fingerprint density at radius 2 is 0.529 bits per heavy atom. The van der Waals surface area contributed by atoms with E-state index in [1.165, 1.54) is 94.2 Å². The van der Waals surface area contributed by atoms with Gasteiger partial charge in [-0.05, 0) is 102 Å². The smallest absolute Gasteiger partial charge is 0.167 e. The third kappa shape index (κ3) is 138. The fourth-order valence-corrected chi connectivity index (χ4v) is 2.96. The van der Waals surface area contributed by atoms with Crippen LogP contribution in [0.4, 0.5) is 0 Å². The molecule has 2 aromatic heterocycles. The number of methoxy groups -OCH3 is 2. The van der Waals surface area contributed by atoms with Crippen molar-refractivity contribution in [2.45, 2.75) is 55.4 Å². The molecule has 0 amide bonds. The van der Waals surface area contributed by atoms with Crippen LogP contribution in [0.15, 0.2) is 106 Å². The average molecular weight is 1910 g/mol. The summed E-state index contributed by atoms with van der Waals surface area (Å²) in [5.74, 6) is 0.170. The number of carbonyl (C=O) groups excluding carboxylic acids is 4. The maximum absolute atomic E-state index is 11.6. The van der Waals surface area contributed by atoms with E-state index in [0.717, 1.165) is 0 Å².